The molecule has 5 nitrogen and oxygen atoms in total. The van der Waals surface area contributed by atoms with Gasteiger partial charge in [-0.3, -0.25) is 0 Å². The topological polar surface area (TPSA) is 64.0 Å². The summed E-state index contributed by atoms with van der Waals surface area (Å²) < 4.78 is 31.7. The largest absolute Gasteiger partial charge is 0.240 e. The Balaban J connectivity index is 1.75. The first-order valence-corrected chi connectivity index (χ1v) is 14.9. The first-order chi connectivity index (χ1) is 17.4. The Morgan fingerprint density at radius 3 is 2.19 bits per heavy atom. The van der Waals surface area contributed by atoms with Crippen molar-refractivity contribution < 1.29 is 8.42 Å². The van der Waals surface area contributed by atoms with E-state index in [1.807, 2.05) is 49.4 Å². The third-order valence-corrected chi connectivity index (χ3v) is 8.62. The lowest BCUT2D eigenvalue weighted by Gasteiger charge is -2.19. The minimum atomic E-state index is -3.75. The standard InChI is InChI=1S/C28H28BrCl2N3O2S/c1-5-23-25(17-32-37(35,36)22-13-8-19(9-14-22)28(2,3)4)33-34(26-15-12-21(30)16-24(26)31)27(23)18-6-10-20(29)11-7-18/h6-16,32H,5,17H2,1-4H3. The highest BCUT2D eigenvalue weighted by molar-refractivity contribution is 9.10. The van der Waals surface area contributed by atoms with E-state index in [-0.39, 0.29) is 16.9 Å². The van der Waals surface area contributed by atoms with Crippen LogP contribution in [0.15, 0.2) is 76.1 Å². The van der Waals surface area contributed by atoms with Gasteiger partial charge in [0.15, 0.2) is 0 Å². The lowest BCUT2D eigenvalue weighted by Crippen LogP contribution is -2.24. The number of rotatable bonds is 7. The minimum absolute atomic E-state index is 0.0360. The van der Waals surface area contributed by atoms with Gasteiger partial charge in [0.25, 0.3) is 0 Å². The predicted octanol–water partition coefficient (Wildman–Crippen LogP) is 7.95. The zero-order chi connectivity index (χ0) is 27.0. The zero-order valence-electron chi connectivity index (χ0n) is 21.0. The second kappa shape index (κ2) is 10.9. The van der Waals surface area contributed by atoms with Crippen molar-refractivity contribution in [2.24, 2.45) is 0 Å². The molecule has 0 atom stereocenters. The fourth-order valence-corrected chi connectivity index (χ4v) is 5.86. The number of hydrogen-bond donors (Lipinski definition) is 1. The van der Waals surface area contributed by atoms with Gasteiger partial charge in [-0.1, -0.05) is 91.1 Å². The Morgan fingerprint density at radius 2 is 1.62 bits per heavy atom. The highest BCUT2D eigenvalue weighted by atomic mass is 79.9. The lowest BCUT2D eigenvalue weighted by atomic mass is 9.87. The molecule has 37 heavy (non-hydrogen) atoms. The van der Waals surface area contributed by atoms with Crippen LogP contribution in [-0.2, 0) is 28.4 Å². The molecule has 0 fully saturated rings. The van der Waals surface area contributed by atoms with E-state index in [0.717, 1.165) is 26.9 Å². The van der Waals surface area contributed by atoms with E-state index < -0.39 is 10.0 Å². The highest BCUT2D eigenvalue weighted by Crippen LogP contribution is 2.34. The quantitative estimate of drug-likeness (QED) is 0.228. The van der Waals surface area contributed by atoms with Crippen molar-refractivity contribution in [2.75, 3.05) is 0 Å². The molecule has 1 heterocycles. The maximum atomic E-state index is 13.1. The highest BCUT2D eigenvalue weighted by Gasteiger charge is 2.23. The summed E-state index contributed by atoms with van der Waals surface area (Å²) in [5.41, 5.74) is 5.00. The molecule has 0 amide bonds. The molecule has 1 N–H and O–H groups in total. The molecule has 1 aromatic heterocycles. The van der Waals surface area contributed by atoms with Crippen LogP contribution in [0, 0.1) is 0 Å². The summed E-state index contributed by atoms with van der Waals surface area (Å²) in [4.78, 5) is 0.215. The minimum Gasteiger partial charge on any atom is -0.231 e. The molecule has 0 saturated carbocycles. The van der Waals surface area contributed by atoms with E-state index in [1.165, 1.54) is 0 Å². The number of benzene rings is 3. The van der Waals surface area contributed by atoms with Crippen molar-refractivity contribution >= 4 is 49.2 Å². The first-order valence-electron chi connectivity index (χ1n) is 11.8. The van der Waals surface area contributed by atoms with Gasteiger partial charge >= 0.3 is 0 Å². The summed E-state index contributed by atoms with van der Waals surface area (Å²) in [6, 6.07) is 20.1. The Hall–Kier alpha value is -2.16. The van der Waals surface area contributed by atoms with Crippen molar-refractivity contribution in [2.45, 2.75) is 51.0 Å². The normalized spacial score (nSPS) is 12.2. The maximum absolute atomic E-state index is 13.1. The molecule has 0 radical (unpaired) electrons. The van der Waals surface area contributed by atoms with Crippen LogP contribution >= 0.6 is 39.1 Å². The fourth-order valence-electron chi connectivity index (χ4n) is 4.12. The summed E-state index contributed by atoms with van der Waals surface area (Å²) in [6.07, 6.45) is 0.647. The van der Waals surface area contributed by atoms with Gasteiger partial charge in [-0.2, -0.15) is 5.10 Å². The van der Waals surface area contributed by atoms with E-state index in [0.29, 0.717) is 27.8 Å². The molecule has 9 heteroatoms. The van der Waals surface area contributed by atoms with Crippen LogP contribution in [0.2, 0.25) is 10.0 Å². The number of nitrogens with one attached hydrogen (secondary N) is 1. The molecule has 3 aromatic carbocycles. The Labute approximate surface area is 237 Å². The van der Waals surface area contributed by atoms with E-state index >= 15 is 0 Å². The average molecular weight is 621 g/mol. The van der Waals surface area contributed by atoms with Crippen LogP contribution in [0.5, 0.6) is 0 Å². The maximum Gasteiger partial charge on any atom is 0.240 e. The van der Waals surface area contributed by atoms with Gasteiger partial charge < -0.3 is 0 Å². The molecule has 0 spiro atoms. The fraction of sp³-hybridized carbons (Fsp3) is 0.250. The predicted molar refractivity (Wildman–Crippen MR) is 155 cm³/mol. The number of aromatic nitrogens is 2. The monoisotopic (exact) mass is 619 g/mol. The van der Waals surface area contributed by atoms with Crippen LogP contribution in [0.4, 0.5) is 0 Å². The smallest absolute Gasteiger partial charge is 0.231 e. The number of nitrogens with zero attached hydrogens (tertiary/aromatic N) is 2. The molecule has 0 aliphatic carbocycles. The first kappa shape index (κ1) is 27.9. The molecule has 4 aromatic rings. The molecule has 194 valence electrons. The van der Waals surface area contributed by atoms with Crippen molar-refractivity contribution in [1.29, 1.82) is 0 Å². The molecular formula is C28H28BrCl2N3O2S. The Kier molecular flexibility index (Phi) is 8.22. The van der Waals surface area contributed by atoms with Crippen molar-refractivity contribution in [1.82, 2.24) is 14.5 Å². The molecule has 0 bridgehead atoms. The van der Waals surface area contributed by atoms with Gasteiger partial charge in [0.2, 0.25) is 10.0 Å². The van der Waals surface area contributed by atoms with E-state index in [9.17, 15) is 8.42 Å². The Morgan fingerprint density at radius 1 is 0.973 bits per heavy atom. The zero-order valence-corrected chi connectivity index (χ0v) is 24.9. The van der Waals surface area contributed by atoms with Crippen LogP contribution in [0.25, 0.3) is 16.9 Å². The summed E-state index contributed by atoms with van der Waals surface area (Å²) in [7, 11) is -3.75. The van der Waals surface area contributed by atoms with Gasteiger partial charge in [0.05, 0.1) is 33.5 Å². The third kappa shape index (κ3) is 6.13. The van der Waals surface area contributed by atoms with Crippen molar-refractivity contribution in [3.8, 4) is 16.9 Å². The number of halogens is 3. The lowest BCUT2D eigenvalue weighted by molar-refractivity contribution is 0.577. The molecule has 0 saturated heterocycles. The van der Waals surface area contributed by atoms with Crippen LogP contribution in [0.3, 0.4) is 0 Å². The molecule has 0 aliphatic rings. The average Bonchev–Trinajstić information content (AvgIpc) is 3.21. The summed E-state index contributed by atoms with van der Waals surface area (Å²) in [6.45, 7) is 8.33. The van der Waals surface area contributed by atoms with E-state index in [1.54, 1.807) is 28.9 Å². The van der Waals surface area contributed by atoms with Gasteiger partial charge in [-0.15, -0.1) is 0 Å². The molecule has 0 aliphatic heterocycles. The van der Waals surface area contributed by atoms with Crippen molar-refractivity contribution in [3.63, 3.8) is 0 Å². The summed E-state index contributed by atoms with van der Waals surface area (Å²) in [5.74, 6) is 0. The van der Waals surface area contributed by atoms with Gasteiger partial charge in [-0.05, 0) is 59.9 Å². The molecule has 4 rings (SSSR count). The van der Waals surface area contributed by atoms with Gasteiger partial charge in [-0.25, -0.2) is 17.8 Å². The number of sulfonamides is 1. The molecule has 0 unspecified atom stereocenters. The van der Waals surface area contributed by atoms with E-state index in [2.05, 4.69) is 41.4 Å². The van der Waals surface area contributed by atoms with Crippen molar-refractivity contribution in [3.05, 3.63) is 98.1 Å². The summed E-state index contributed by atoms with van der Waals surface area (Å²) >= 11 is 16.2. The van der Waals surface area contributed by atoms with Crippen LogP contribution in [-0.4, -0.2) is 18.2 Å². The van der Waals surface area contributed by atoms with E-state index in [4.69, 9.17) is 28.3 Å². The SMILES string of the molecule is CCc1c(CNS(=O)(=O)c2ccc(C(C)(C)C)cc2)nn(-c2ccc(Cl)cc2Cl)c1-c1ccc(Br)cc1. The Bertz CT molecular complexity index is 1530. The second-order valence-electron chi connectivity index (χ2n) is 9.74. The molecular weight excluding hydrogens is 593 g/mol. The summed E-state index contributed by atoms with van der Waals surface area (Å²) in [5, 5.41) is 5.80. The van der Waals surface area contributed by atoms with Crippen LogP contribution < -0.4 is 4.72 Å². The van der Waals surface area contributed by atoms with Gasteiger partial charge in [0, 0.05) is 20.6 Å². The van der Waals surface area contributed by atoms with Gasteiger partial charge in [0.1, 0.15) is 0 Å². The number of hydrogen-bond acceptors (Lipinski definition) is 3. The third-order valence-electron chi connectivity index (χ3n) is 6.14. The second-order valence-corrected chi connectivity index (χ2v) is 13.3. The van der Waals surface area contributed by atoms with Crippen LogP contribution in [0.1, 0.15) is 44.5 Å².